The van der Waals surface area contributed by atoms with Crippen LogP contribution >= 0.6 is 0 Å². The molecule has 1 saturated heterocycles. The molecule has 0 aromatic carbocycles. The Morgan fingerprint density at radius 1 is 1.31 bits per heavy atom. The van der Waals surface area contributed by atoms with E-state index in [1.807, 2.05) is 0 Å². The SMILES string of the molecule is O[C@@H](C[NH2+]CC[NH+]1CCOCC1)C(F)(F)F. The van der Waals surface area contributed by atoms with Crippen molar-refractivity contribution in [2.24, 2.45) is 0 Å². The molecule has 0 aromatic heterocycles. The molecule has 0 amide bonds. The van der Waals surface area contributed by atoms with Gasteiger partial charge in [0.1, 0.15) is 32.7 Å². The Bertz CT molecular complexity index is 196. The quantitative estimate of drug-likeness (QED) is 0.464. The third kappa shape index (κ3) is 5.11. The number of ether oxygens (including phenoxy) is 1. The second-order valence-electron chi connectivity index (χ2n) is 3.98. The fraction of sp³-hybridized carbons (Fsp3) is 1.00. The number of morpholine rings is 1. The summed E-state index contributed by atoms with van der Waals surface area (Å²) >= 11 is 0. The van der Waals surface area contributed by atoms with Gasteiger partial charge in [-0.05, 0) is 0 Å². The molecule has 0 aliphatic carbocycles. The highest BCUT2D eigenvalue weighted by Gasteiger charge is 2.39. The molecule has 1 rings (SSSR count). The molecule has 96 valence electrons. The molecule has 1 fully saturated rings. The van der Waals surface area contributed by atoms with E-state index in [2.05, 4.69) is 0 Å². The number of quaternary nitrogens is 2. The summed E-state index contributed by atoms with van der Waals surface area (Å²) in [5.41, 5.74) is 0. The first-order valence-corrected chi connectivity index (χ1v) is 5.48. The average Bonchev–Trinajstić information content (AvgIpc) is 2.24. The van der Waals surface area contributed by atoms with E-state index < -0.39 is 12.3 Å². The minimum absolute atomic E-state index is 0.312. The summed E-state index contributed by atoms with van der Waals surface area (Å²) in [5.74, 6) is 0. The molecule has 4 nitrogen and oxygen atoms in total. The van der Waals surface area contributed by atoms with Gasteiger partial charge in [-0.2, -0.15) is 13.2 Å². The summed E-state index contributed by atoms with van der Waals surface area (Å²) in [4.78, 5) is 1.35. The largest absolute Gasteiger partial charge is 0.419 e. The molecule has 0 aromatic rings. The van der Waals surface area contributed by atoms with Crippen molar-refractivity contribution in [2.75, 3.05) is 45.9 Å². The maximum Gasteiger partial charge on any atom is 0.419 e. The van der Waals surface area contributed by atoms with Gasteiger partial charge in [0.25, 0.3) is 0 Å². The molecule has 0 unspecified atom stereocenters. The van der Waals surface area contributed by atoms with Gasteiger partial charge in [0.05, 0.1) is 13.2 Å². The highest BCUT2D eigenvalue weighted by Crippen LogP contribution is 2.18. The topological polar surface area (TPSA) is 50.5 Å². The van der Waals surface area contributed by atoms with Crippen LogP contribution in [0.4, 0.5) is 13.2 Å². The highest BCUT2D eigenvalue weighted by atomic mass is 19.4. The van der Waals surface area contributed by atoms with E-state index in [1.54, 1.807) is 0 Å². The minimum Gasteiger partial charge on any atom is -0.379 e. The van der Waals surface area contributed by atoms with Crippen molar-refractivity contribution in [2.45, 2.75) is 12.3 Å². The van der Waals surface area contributed by atoms with Crippen molar-refractivity contribution < 1.29 is 33.2 Å². The van der Waals surface area contributed by atoms with Crippen LogP contribution in [-0.4, -0.2) is 63.3 Å². The fourth-order valence-corrected chi connectivity index (χ4v) is 1.63. The Morgan fingerprint density at radius 3 is 2.50 bits per heavy atom. The molecular formula is C9H19F3N2O2+2. The standard InChI is InChI=1S/C9H17F3N2O2/c10-9(11,12)8(15)7-13-1-2-14-3-5-16-6-4-14/h8,13,15H,1-7H2/p+2/t8-/m0/s1. The highest BCUT2D eigenvalue weighted by molar-refractivity contribution is 4.61. The van der Waals surface area contributed by atoms with Gasteiger partial charge in [-0.25, -0.2) is 0 Å². The van der Waals surface area contributed by atoms with Crippen LogP contribution in [0.2, 0.25) is 0 Å². The van der Waals surface area contributed by atoms with E-state index >= 15 is 0 Å². The normalized spacial score (nSPS) is 21.0. The van der Waals surface area contributed by atoms with Crippen molar-refractivity contribution in [3.63, 3.8) is 0 Å². The molecule has 1 aliphatic heterocycles. The number of alkyl halides is 3. The number of hydrogen-bond donors (Lipinski definition) is 3. The van der Waals surface area contributed by atoms with E-state index in [9.17, 15) is 13.2 Å². The fourth-order valence-electron chi connectivity index (χ4n) is 1.63. The Labute approximate surface area is 92.4 Å². The third-order valence-corrected chi connectivity index (χ3v) is 2.67. The molecule has 0 spiro atoms. The van der Waals surface area contributed by atoms with E-state index in [0.717, 1.165) is 32.8 Å². The van der Waals surface area contributed by atoms with Crippen LogP contribution < -0.4 is 10.2 Å². The molecule has 1 aliphatic rings. The number of halogens is 3. The second-order valence-corrected chi connectivity index (χ2v) is 3.98. The molecule has 1 atom stereocenters. The lowest BCUT2D eigenvalue weighted by Crippen LogP contribution is -3.16. The van der Waals surface area contributed by atoms with Gasteiger partial charge < -0.3 is 20.1 Å². The van der Waals surface area contributed by atoms with E-state index in [4.69, 9.17) is 9.84 Å². The lowest BCUT2D eigenvalue weighted by Gasteiger charge is -2.23. The number of nitrogens with two attached hydrogens (primary N) is 1. The number of aliphatic hydroxyl groups excluding tert-OH is 1. The summed E-state index contributed by atoms with van der Waals surface area (Å²) in [7, 11) is 0. The van der Waals surface area contributed by atoms with Gasteiger partial charge in [-0.1, -0.05) is 0 Å². The van der Waals surface area contributed by atoms with Gasteiger partial charge >= 0.3 is 6.18 Å². The maximum absolute atomic E-state index is 11.9. The van der Waals surface area contributed by atoms with Crippen molar-refractivity contribution in [3.05, 3.63) is 0 Å². The molecule has 0 saturated carbocycles. The zero-order valence-electron chi connectivity index (χ0n) is 9.09. The Kier molecular flexibility index (Phi) is 5.47. The first-order chi connectivity index (χ1) is 7.50. The zero-order valence-corrected chi connectivity index (χ0v) is 9.09. The van der Waals surface area contributed by atoms with E-state index in [0.29, 0.717) is 6.54 Å². The number of nitrogens with one attached hydrogen (secondary N) is 1. The van der Waals surface area contributed by atoms with Gasteiger partial charge in [-0.15, -0.1) is 0 Å². The van der Waals surface area contributed by atoms with Crippen LogP contribution in [0.15, 0.2) is 0 Å². The van der Waals surface area contributed by atoms with E-state index in [-0.39, 0.29) is 6.54 Å². The van der Waals surface area contributed by atoms with Crippen LogP contribution in [0.5, 0.6) is 0 Å². The van der Waals surface area contributed by atoms with Crippen molar-refractivity contribution in [3.8, 4) is 0 Å². The molecule has 16 heavy (non-hydrogen) atoms. The summed E-state index contributed by atoms with van der Waals surface area (Å²) in [6.45, 7) is 4.37. The van der Waals surface area contributed by atoms with Crippen LogP contribution in [0.3, 0.4) is 0 Å². The third-order valence-electron chi connectivity index (χ3n) is 2.67. The van der Waals surface area contributed by atoms with Gasteiger partial charge in [0.2, 0.25) is 0 Å². The lowest BCUT2D eigenvalue weighted by molar-refractivity contribution is -0.920. The van der Waals surface area contributed by atoms with Gasteiger partial charge in [-0.3, -0.25) is 0 Å². The minimum atomic E-state index is -4.50. The maximum atomic E-state index is 11.9. The first kappa shape index (κ1) is 13.7. The Morgan fingerprint density at radius 2 is 1.94 bits per heavy atom. The van der Waals surface area contributed by atoms with Gasteiger partial charge in [0, 0.05) is 0 Å². The number of rotatable bonds is 5. The monoisotopic (exact) mass is 244 g/mol. The van der Waals surface area contributed by atoms with Crippen LogP contribution in [0.25, 0.3) is 0 Å². The predicted octanol–water partition coefficient (Wildman–Crippen LogP) is -2.61. The average molecular weight is 244 g/mol. The van der Waals surface area contributed by atoms with E-state index in [1.165, 1.54) is 10.2 Å². The molecular weight excluding hydrogens is 225 g/mol. The number of hydrogen-bond acceptors (Lipinski definition) is 2. The molecule has 0 radical (unpaired) electrons. The Balaban J connectivity index is 2.02. The van der Waals surface area contributed by atoms with Crippen molar-refractivity contribution in [1.29, 1.82) is 0 Å². The van der Waals surface area contributed by atoms with Crippen molar-refractivity contribution in [1.82, 2.24) is 0 Å². The van der Waals surface area contributed by atoms with Crippen LogP contribution in [0, 0.1) is 0 Å². The summed E-state index contributed by atoms with van der Waals surface area (Å²) in [6, 6.07) is 0. The second kappa shape index (κ2) is 6.39. The zero-order chi connectivity index (χ0) is 12.0. The molecule has 0 bridgehead atoms. The summed E-state index contributed by atoms with van der Waals surface area (Å²) in [6.07, 6.45) is -6.71. The predicted molar refractivity (Wildman–Crippen MR) is 50.1 cm³/mol. The molecule has 1 heterocycles. The van der Waals surface area contributed by atoms with Crippen molar-refractivity contribution >= 4 is 0 Å². The Hall–Kier alpha value is -0.370. The molecule has 4 N–H and O–H groups in total. The first-order valence-electron chi connectivity index (χ1n) is 5.48. The van der Waals surface area contributed by atoms with Crippen LogP contribution in [0.1, 0.15) is 0 Å². The number of aliphatic hydroxyl groups is 1. The molecule has 7 heteroatoms. The smallest absolute Gasteiger partial charge is 0.379 e. The summed E-state index contributed by atoms with van der Waals surface area (Å²) < 4.78 is 41.0. The lowest BCUT2D eigenvalue weighted by atomic mass is 10.3. The summed E-state index contributed by atoms with van der Waals surface area (Å²) in [5, 5.41) is 10.3. The van der Waals surface area contributed by atoms with Crippen LogP contribution in [-0.2, 0) is 4.74 Å². The van der Waals surface area contributed by atoms with Gasteiger partial charge in [0.15, 0.2) is 6.10 Å².